The first-order valence-corrected chi connectivity index (χ1v) is 6.41. The van der Waals surface area contributed by atoms with Crippen molar-refractivity contribution in [1.29, 1.82) is 0 Å². The van der Waals surface area contributed by atoms with Crippen LogP contribution in [-0.4, -0.2) is 14.7 Å². The van der Waals surface area contributed by atoms with Crippen LogP contribution >= 0.6 is 22.9 Å². The summed E-state index contributed by atoms with van der Waals surface area (Å²) in [4.78, 5) is 4.95. The molecule has 2 heterocycles. The van der Waals surface area contributed by atoms with Gasteiger partial charge in [-0.2, -0.15) is 0 Å². The predicted molar refractivity (Wildman–Crippen MR) is 65.9 cm³/mol. The topological polar surface area (TPSA) is 38.0 Å². The van der Waals surface area contributed by atoms with E-state index in [1.165, 1.54) is 11.3 Å². The van der Waals surface area contributed by atoms with Crippen molar-refractivity contribution in [2.45, 2.75) is 26.0 Å². The van der Waals surface area contributed by atoms with E-state index in [9.17, 15) is 5.11 Å². The van der Waals surface area contributed by atoms with Crippen LogP contribution < -0.4 is 0 Å². The van der Waals surface area contributed by atoms with E-state index >= 15 is 0 Å². The summed E-state index contributed by atoms with van der Waals surface area (Å²) in [6.07, 6.45) is 3.86. The van der Waals surface area contributed by atoms with Crippen molar-refractivity contribution in [2.75, 3.05) is 0 Å². The second kappa shape index (κ2) is 4.99. The lowest BCUT2D eigenvalue weighted by atomic mass is 10.2. The number of halogens is 1. The molecule has 16 heavy (non-hydrogen) atoms. The van der Waals surface area contributed by atoms with E-state index in [1.807, 2.05) is 16.1 Å². The summed E-state index contributed by atoms with van der Waals surface area (Å²) < 4.78 is 1.96. The Balaban J connectivity index is 2.30. The van der Waals surface area contributed by atoms with E-state index in [0.717, 1.165) is 17.8 Å². The van der Waals surface area contributed by atoms with Crippen molar-refractivity contribution in [3.05, 3.63) is 39.6 Å². The summed E-state index contributed by atoms with van der Waals surface area (Å²) >= 11 is 7.44. The number of hydrogen-bond donors (Lipinski definition) is 1. The van der Waals surface area contributed by atoms with Gasteiger partial charge in [-0.15, -0.1) is 11.3 Å². The number of hydrogen-bond acceptors (Lipinski definition) is 3. The molecular weight excluding hydrogens is 244 g/mol. The summed E-state index contributed by atoms with van der Waals surface area (Å²) in [5.74, 6) is 0.659. The first kappa shape index (κ1) is 11.6. The molecule has 0 spiro atoms. The number of aliphatic hydroxyl groups is 1. The summed E-state index contributed by atoms with van der Waals surface area (Å²) in [6, 6.07) is 1.79. The fourth-order valence-electron chi connectivity index (χ4n) is 1.62. The normalized spacial score (nSPS) is 12.9. The van der Waals surface area contributed by atoms with Gasteiger partial charge in [0, 0.05) is 18.9 Å². The Morgan fingerprint density at radius 2 is 2.44 bits per heavy atom. The molecule has 2 aromatic heterocycles. The van der Waals surface area contributed by atoms with Crippen molar-refractivity contribution in [2.24, 2.45) is 0 Å². The maximum absolute atomic E-state index is 10.2. The molecule has 0 aliphatic carbocycles. The Morgan fingerprint density at radius 1 is 1.62 bits per heavy atom. The predicted octanol–water partition coefficient (Wildman–Crippen LogP) is 3.09. The van der Waals surface area contributed by atoms with Crippen molar-refractivity contribution in [1.82, 2.24) is 9.55 Å². The quantitative estimate of drug-likeness (QED) is 0.913. The van der Waals surface area contributed by atoms with Crippen molar-refractivity contribution in [3.63, 3.8) is 0 Å². The van der Waals surface area contributed by atoms with Crippen LogP contribution in [0, 0.1) is 0 Å². The number of aromatic nitrogens is 2. The number of imidazole rings is 1. The number of rotatable bonds is 4. The third-order valence-electron chi connectivity index (χ3n) is 2.35. The smallest absolute Gasteiger partial charge is 0.147 e. The number of aliphatic hydroxyl groups excluding tert-OH is 1. The zero-order valence-electron chi connectivity index (χ0n) is 8.93. The van der Waals surface area contributed by atoms with Crippen LogP contribution in [-0.2, 0) is 6.54 Å². The van der Waals surface area contributed by atoms with Gasteiger partial charge in [-0.3, -0.25) is 0 Å². The molecule has 0 bridgehead atoms. The fraction of sp³-hybridized carbons (Fsp3) is 0.364. The van der Waals surface area contributed by atoms with Crippen LogP contribution in [0.1, 0.15) is 30.2 Å². The molecule has 0 aliphatic rings. The average Bonchev–Trinajstić information content (AvgIpc) is 2.87. The van der Waals surface area contributed by atoms with Crippen molar-refractivity contribution < 1.29 is 5.11 Å². The number of aryl methyl sites for hydroxylation is 1. The summed E-state index contributed by atoms with van der Waals surface area (Å²) in [5.41, 5.74) is 0. The van der Waals surface area contributed by atoms with E-state index in [4.69, 9.17) is 11.6 Å². The monoisotopic (exact) mass is 256 g/mol. The largest absolute Gasteiger partial charge is 0.379 e. The number of thiophene rings is 1. The highest BCUT2D eigenvalue weighted by molar-refractivity contribution is 7.10. The molecule has 0 saturated heterocycles. The second-order valence-corrected chi connectivity index (χ2v) is 4.87. The van der Waals surface area contributed by atoms with E-state index < -0.39 is 6.10 Å². The van der Waals surface area contributed by atoms with Gasteiger partial charge in [-0.25, -0.2) is 4.98 Å². The van der Waals surface area contributed by atoms with Crippen LogP contribution in [0.5, 0.6) is 0 Å². The Morgan fingerprint density at radius 3 is 3.06 bits per heavy atom. The van der Waals surface area contributed by atoms with Crippen LogP contribution in [0.15, 0.2) is 23.8 Å². The van der Waals surface area contributed by atoms with Crippen LogP contribution in [0.2, 0.25) is 5.02 Å². The first-order valence-electron chi connectivity index (χ1n) is 5.16. The zero-order chi connectivity index (χ0) is 11.5. The number of nitrogens with zero attached hydrogens (tertiary/aromatic N) is 2. The highest BCUT2D eigenvalue weighted by atomic mass is 35.5. The maximum atomic E-state index is 10.2. The second-order valence-electron chi connectivity index (χ2n) is 3.51. The molecule has 3 nitrogen and oxygen atoms in total. The SMILES string of the molecule is CCCn1ccnc1C(O)c1sccc1Cl. The summed E-state index contributed by atoms with van der Waals surface area (Å²) in [6.45, 7) is 2.95. The highest BCUT2D eigenvalue weighted by Gasteiger charge is 2.19. The van der Waals surface area contributed by atoms with Crippen molar-refractivity contribution >= 4 is 22.9 Å². The first-order chi connectivity index (χ1) is 7.74. The lowest BCUT2D eigenvalue weighted by Gasteiger charge is -2.11. The third kappa shape index (κ3) is 2.14. The van der Waals surface area contributed by atoms with Gasteiger partial charge in [-0.1, -0.05) is 18.5 Å². The Bertz CT molecular complexity index is 466. The van der Waals surface area contributed by atoms with Gasteiger partial charge in [-0.05, 0) is 17.9 Å². The molecule has 5 heteroatoms. The van der Waals surface area contributed by atoms with Gasteiger partial charge in [0.05, 0.1) is 9.90 Å². The van der Waals surface area contributed by atoms with Crippen molar-refractivity contribution in [3.8, 4) is 0 Å². The lowest BCUT2D eigenvalue weighted by Crippen LogP contribution is -2.08. The molecule has 0 aliphatic heterocycles. The molecule has 1 atom stereocenters. The van der Waals surface area contributed by atoms with Gasteiger partial charge >= 0.3 is 0 Å². The molecule has 0 radical (unpaired) electrons. The summed E-state index contributed by atoms with van der Waals surface area (Å²) in [5, 5.41) is 12.7. The van der Waals surface area contributed by atoms with Crippen LogP contribution in [0.4, 0.5) is 0 Å². The zero-order valence-corrected chi connectivity index (χ0v) is 10.5. The Hall–Kier alpha value is -0.840. The molecular formula is C11H13ClN2OS. The standard InChI is InChI=1S/C11H13ClN2OS/c1-2-5-14-6-4-13-11(14)9(15)10-8(12)3-7-16-10/h3-4,6-7,9,15H,2,5H2,1H3. The molecule has 1 unspecified atom stereocenters. The third-order valence-corrected chi connectivity index (χ3v) is 3.76. The molecule has 1 N–H and O–H groups in total. The minimum atomic E-state index is -0.728. The average molecular weight is 257 g/mol. The molecule has 2 rings (SSSR count). The van der Waals surface area contributed by atoms with Gasteiger partial charge in [0.25, 0.3) is 0 Å². The van der Waals surface area contributed by atoms with Gasteiger partial charge in [0.15, 0.2) is 0 Å². The van der Waals surface area contributed by atoms with Gasteiger partial charge in [0.2, 0.25) is 0 Å². The molecule has 0 fully saturated rings. The highest BCUT2D eigenvalue weighted by Crippen LogP contribution is 2.32. The molecule has 0 amide bonds. The van der Waals surface area contributed by atoms with E-state index in [-0.39, 0.29) is 0 Å². The molecule has 2 aromatic rings. The molecule has 0 aromatic carbocycles. The Kier molecular flexibility index (Phi) is 3.63. The summed E-state index contributed by atoms with van der Waals surface area (Å²) in [7, 11) is 0. The van der Waals surface area contributed by atoms with E-state index in [0.29, 0.717) is 10.8 Å². The Labute approximate surface area is 103 Å². The fourth-order valence-corrected chi connectivity index (χ4v) is 2.76. The van der Waals surface area contributed by atoms with Gasteiger partial charge in [0.1, 0.15) is 11.9 Å². The molecule has 0 saturated carbocycles. The van der Waals surface area contributed by atoms with Crippen LogP contribution in [0.25, 0.3) is 0 Å². The minimum Gasteiger partial charge on any atom is -0.379 e. The maximum Gasteiger partial charge on any atom is 0.147 e. The lowest BCUT2D eigenvalue weighted by molar-refractivity contribution is 0.208. The molecule has 86 valence electrons. The van der Waals surface area contributed by atoms with E-state index in [1.54, 1.807) is 12.3 Å². The van der Waals surface area contributed by atoms with Gasteiger partial charge < -0.3 is 9.67 Å². The van der Waals surface area contributed by atoms with E-state index in [2.05, 4.69) is 11.9 Å². The van der Waals surface area contributed by atoms with Crippen LogP contribution in [0.3, 0.4) is 0 Å². The minimum absolute atomic E-state index is 0.601.